The summed E-state index contributed by atoms with van der Waals surface area (Å²) in [6.07, 6.45) is 0.292. The number of nitriles is 1. The highest BCUT2D eigenvalue weighted by molar-refractivity contribution is 5.56. The molecule has 1 heterocycles. The van der Waals surface area contributed by atoms with Crippen molar-refractivity contribution in [2.45, 2.75) is 27.2 Å². The number of nitrogens with zero attached hydrogens (tertiary/aromatic N) is 2. The Morgan fingerprint density at radius 3 is 2.65 bits per heavy atom. The van der Waals surface area contributed by atoms with Crippen molar-refractivity contribution in [2.24, 2.45) is 0 Å². The predicted molar refractivity (Wildman–Crippen MR) is 65.5 cm³/mol. The van der Waals surface area contributed by atoms with Crippen LogP contribution in [0.1, 0.15) is 22.6 Å². The van der Waals surface area contributed by atoms with Crippen LogP contribution >= 0.6 is 0 Å². The molecule has 2 aromatic rings. The number of oxazole rings is 1. The SMILES string of the molecule is Cc1ccc(-c2nc(CC#N)c(C)o2)cc1C. The van der Waals surface area contributed by atoms with Gasteiger partial charge in [0.05, 0.1) is 18.2 Å². The van der Waals surface area contributed by atoms with Crippen molar-refractivity contribution in [2.75, 3.05) is 0 Å². The van der Waals surface area contributed by atoms with E-state index in [0.29, 0.717) is 12.3 Å². The van der Waals surface area contributed by atoms with Gasteiger partial charge in [-0.05, 0) is 44.0 Å². The second kappa shape index (κ2) is 4.42. The summed E-state index contributed by atoms with van der Waals surface area (Å²) >= 11 is 0. The Morgan fingerprint density at radius 2 is 2.00 bits per heavy atom. The molecule has 0 amide bonds. The molecule has 0 N–H and O–H groups in total. The van der Waals surface area contributed by atoms with Crippen molar-refractivity contribution in [1.29, 1.82) is 5.26 Å². The van der Waals surface area contributed by atoms with Crippen LogP contribution < -0.4 is 0 Å². The van der Waals surface area contributed by atoms with Gasteiger partial charge in [0.25, 0.3) is 0 Å². The van der Waals surface area contributed by atoms with Gasteiger partial charge >= 0.3 is 0 Å². The fraction of sp³-hybridized carbons (Fsp3) is 0.286. The molecule has 0 saturated heterocycles. The van der Waals surface area contributed by atoms with Crippen LogP contribution in [0.25, 0.3) is 11.5 Å². The van der Waals surface area contributed by atoms with Crippen LogP contribution in [0.2, 0.25) is 0 Å². The third-order valence-electron chi connectivity index (χ3n) is 2.89. The van der Waals surface area contributed by atoms with E-state index in [9.17, 15) is 0 Å². The molecule has 3 heteroatoms. The van der Waals surface area contributed by atoms with E-state index in [-0.39, 0.29) is 0 Å². The lowest BCUT2D eigenvalue weighted by Crippen LogP contribution is -1.86. The second-order valence-electron chi connectivity index (χ2n) is 4.16. The first-order chi connectivity index (χ1) is 8.11. The number of aromatic nitrogens is 1. The third-order valence-corrected chi connectivity index (χ3v) is 2.89. The van der Waals surface area contributed by atoms with Crippen LogP contribution in [-0.4, -0.2) is 4.98 Å². The van der Waals surface area contributed by atoms with E-state index in [1.807, 2.05) is 19.1 Å². The van der Waals surface area contributed by atoms with Crippen LogP contribution in [0.4, 0.5) is 0 Å². The molecule has 3 nitrogen and oxygen atoms in total. The van der Waals surface area contributed by atoms with Gasteiger partial charge in [-0.3, -0.25) is 0 Å². The van der Waals surface area contributed by atoms with Crippen molar-refractivity contribution in [3.8, 4) is 17.5 Å². The summed E-state index contributed by atoms with van der Waals surface area (Å²) in [6.45, 7) is 5.97. The fourth-order valence-corrected chi connectivity index (χ4v) is 1.66. The molecule has 0 fully saturated rings. The van der Waals surface area contributed by atoms with Gasteiger partial charge in [0, 0.05) is 5.56 Å². The van der Waals surface area contributed by atoms with Gasteiger partial charge in [0.1, 0.15) is 5.76 Å². The Balaban J connectivity index is 2.43. The van der Waals surface area contributed by atoms with E-state index in [4.69, 9.17) is 9.68 Å². The number of hydrogen-bond donors (Lipinski definition) is 0. The summed E-state index contributed by atoms with van der Waals surface area (Å²) in [5, 5.41) is 8.67. The maximum absolute atomic E-state index is 8.67. The maximum Gasteiger partial charge on any atom is 0.226 e. The van der Waals surface area contributed by atoms with Gasteiger partial charge < -0.3 is 4.42 Å². The normalized spacial score (nSPS) is 10.2. The number of aryl methyl sites for hydroxylation is 3. The summed E-state index contributed by atoms with van der Waals surface area (Å²) in [5.74, 6) is 1.32. The lowest BCUT2D eigenvalue weighted by atomic mass is 10.1. The van der Waals surface area contributed by atoms with Gasteiger partial charge in [0.2, 0.25) is 5.89 Å². The van der Waals surface area contributed by atoms with Crippen molar-refractivity contribution in [3.05, 3.63) is 40.8 Å². The lowest BCUT2D eigenvalue weighted by molar-refractivity contribution is 0.540. The topological polar surface area (TPSA) is 49.8 Å². The van der Waals surface area contributed by atoms with E-state index in [1.54, 1.807) is 0 Å². The zero-order chi connectivity index (χ0) is 12.4. The van der Waals surface area contributed by atoms with Crippen molar-refractivity contribution in [1.82, 2.24) is 4.98 Å². The van der Waals surface area contributed by atoms with Crippen LogP contribution in [0.3, 0.4) is 0 Å². The monoisotopic (exact) mass is 226 g/mol. The van der Waals surface area contributed by atoms with Crippen LogP contribution in [0, 0.1) is 32.1 Å². The maximum atomic E-state index is 8.67. The molecule has 0 aliphatic rings. The van der Waals surface area contributed by atoms with Crippen LogP contribution in [0.5, 0.6) is 0 Å². The molecule has 0 aliphatic heterocycles. The lowest BCUT2D eigenvalue weighted by Gasteiger charge is -2.01. The highest BCUT2D eigenvalue weighted by Gasteiger charge is 2.11. The predicted octanol–water partition coefficient (Wildman–Crippen LogP) is 3.33. The molecule has 0 aliphatic carbocycles. The molecule has 86 valence electrons. The van der Waals surface area contributed by atoms with Crippen molar-refractivity contribution < 1.29 is 4.42 Å². The van der Waals surface area contributed by atoms with E-state index in [1.165, 1.54) is 11.1 Å². The quantitative estimate of drug-likeness (QED) is 0.789. The summed E-state index contributed by atoms with van der Waals surface area (Å²) in [5.41, 5.74) is 4.13. The first kappa shape index (κ1) is 11.4. The Kier molecular flexibility index (Phi) is 2.97. The molecular formula is C14H14N2O. The van der Waals surface area contributed by atoms with Gasteiger partial charge in [-0.2, -0.15) is 5.26 Å². The largest absolute Gasteiger partial charge is 0.441 e. The molecule has 0 unspecified atom stereocenters. The average molecular weight is 226 g/mol. The summed E-state index contributed by atoms with van der Waals surface area (Å²) in [6, 6.07) is 8.18. The summed E-state index contributed by atoms with van der Waals surface area (Å²) in [4.78, 5) is 4.35. The molecule has 2 rings (SSSR count). The minimum Gasteiger partial charge on any atom is -0.441 e. The number of rotatable bonds is 2. The molecule has 0 saturated carbocycles. The highest BCUT2D eigenvalue weighted by atomic mass is 16.4. The molecule has 17 heavy (non-hydrogen) atoms. The number of benzene rings is 1. The third kappa shape index (κ3) is 2.21. The first-order valence-electron chi connectivity index (χ1n) is 5.52. The second-order valence-corrected chi connectivity index (χ2v) is 4.16. The van der Waals surface area contributed by atoms with Gasteiger partial charge in [-0.15, -0.1) is 0 Å². The smallest absolute Gasteiger partial charge is 0.226 e. The molecule has 1 aromatic heterocycles. The van der Waals surface area contributed by atoms with E-state index >= 15 is 0 Å². The molecular weight excluding hydrogens is 212 g/mol. The van der Waals surface area contributed by atoms with E-state index < -0.39 is 0 Å². The van der Waals surface area contributed by atoms with Gasteiger partial charge in [-0.25, -0.2) is 4.98 Å². The summed E-state index contributed by atoms with van der Waals surface area (Å²) in [7, 11) is 0. The van der Waals surface area contributed by atoms with Crippen LogP contribution in [0.15, 0.2) is 22.6 Å². The molecule has 0 radical (unpaired) electrons. The van der Waals surface area contributed by atoms with E-state index in [2.05, 4.69) is 31.0 Å². The number of hydrogen-bond acceptors (Lipinski definition) is 3. The van der Waals surface area contributed by atoms with Gasteiger partial charge in [0.15, 0.2) is 0 Å². The molecule has 0 spiro atoms. The Bertz CT molecular complexity index is 591. The Morgan fingerprint density at radius 1 is 1.24 bits per heavy atom. The average Bonchev–Trinajstić information content (AvgIpc) is 2.65. The Hall–Kier alpha value is -2.08. The standard InChI is InChI=1S/C14H14N2O/c1-9-4-5-12(8-10(9)2)14-16-13(6-7-15)11(3)17-14/h4-5,8H,6H2,1-3H3. The molecule has 1 aromatic carbocycles. The highest BCUT2D eigenvalue weighted by Crippen LogP contribution is 2.23. The van der Waals surface area contributed by atoms with E-state index in [0.717, 1.165) is 17.0 Å². The zero-order valence-corrected chi connectivity index (χ0v) is 10.2. The minimum absolute atomic E-state index is 0.292. The Labute approximate surface area is 101 Å². The first-order valence-corrected chi connectivity index (χ1v) is 5.52. The van der Waals surface area contributed by atoms with Gasteiger partial charge in [-0.1, -0.05) is 6.07 Å². The van der Waals surface area contributed by atoms with Crippen molar-refractivity contribution in [3.63, 3.8) is 0 Å². The molecule has 0 bridgehead atoms. The fourth-order valence-electron chi connectivity index (χ4n) is 1.66. The minimum atomic E-state index is 0.292. The summed E-state index contributed by atoms with van der Waals surface area (Å²) < 4.78 is 5.59. The van der Waals surface area contributed by atoms with Crippen LogP contribution in [-0.2, 0) is 6.42 Å². The zero-order valence-electron chi connectivity index (χ0n) is 10.2. The molecule has 0 atom stereocenters. The van der Waals surface area contributed by atoms with Crippen molar-refractivity contribution >= 4 is 0 Å².